The maximum atomic E-state index is 11.2. The highest BCUT2D eigenvalue weighted by Crippen LogP contribution is 2.33. The Morgan fingerprint density at radius 3 is 2.38 bits per heavy atom. The number of nitrogens with zero attached hydrogens (tertiary/aromatic N) is 4. The zero-order valence-electron chi connectivity index (χ0n) is 27.1. The first-order chi connectivity index (χ1) is 21.2. The lowest BCUT2D eigenvalue weighted by atomic mass is 10.0. The number of imidazole rings is 2. The average molecular weight is 613 g/mol. The second kappa shape index (κ2) is 14.5. The Morgan fingerprint density at radius 1 is 0.978 bits per heavy atom. The molecule has 0 saturated carbocycles. The molecule has 2 aromatic heterocycles. The van der Waals surface area contributed by atoms with Crippen LogP contribution in [0.25, 0.3) is 33.5 Å². The summed E-state index contributed by atoms with van der Waals surface area (Å²) < 4.78 is 15.1. The van der Waals surface area contributed by atoms with E-state index in [0.29, 0.717) is 24.8 Å². The van der Waals surface area contributed by atoms with Crippen molar-refractivity contribution in [1.82, 2.24) is 19.1 Å². The third-order valence-corrected chi connectivity index (χ3v) is 7.99. The van der Waals surface area contributed by atoms with Crippen LogP contribution in [0.3, 0.4) is 0 Å². The summed E-state index contributed by atoms with van der Waals surface area (Å²) >= 11 is 0. The molecule has 0 fully saturated rings. The van der Waals surface area contributed by atoms with Crippen molar-refractivity contribution < 1.29 is 24.9 Å². The van der Waals surface area contributed by atoms with Gasteiger partial charge in [-0.25, -0.2) is 14.8 Å². The number of ether oxygens (including phenoxy) is 2. The van der Waals surface area contributed by atoms with E-state index in [1.165, 1.54) is 5.69 Å². The van der Waals surface area contributed by atoms with E-state index in [4.69, 9.17) is 24.5 Å². The Hall–Kier alpha value is -4.47. The SMILES string of the molecule is CCCc1nc2c(C)cc(-c3nc(CC(C)C)c(C)n3CCOC)cc2n1Cc1ccc(-c2ccccc2OC(=O)O)cc1.O. The summed E-state index contributed by atoms with van der Waals surface area (Å²) in [5, 5.41) is 9.15. The van der Waals surface area contributed by atoms with E-state index in [2.05, 4.69) is 68.0 Å². The van der Waals surface area contributed by atoms with Gasteiger partial charge >= 0.3 is 6.16 Å². The minimum absolute atomic E-state index is 0. The highest BCUT2D eigenvalue weighted by molar-refractivity contribution is 5.85. The molecule has 0 atom stereocenters. The van der Waals surface area contributed by atoms with E-state index in [9.17, 15) is 4.79 Å². The zero-order chi connectivity index (χ0) is 31.4. The van der Waals surface area contributed by atoms with Crippen LogP contribution in [0, 0.1) is 19.8 Å². The van der Waals surface area contributed by atoms with Gasteiger partial charge in [0.25, 0.3) is 0 Å². The summed E-state index contributed by atoms with van der Waals surface area (Å²) in [7, 11) is 1.74. The zero-order valence-corrected chi connectivity index (χ0v) is 27.1. The third kappa shape index (κ3) is 7.27. The number of hydrogen-bond donors (Lipinski definition) is 1. The van der Waals surface area contributed by atoms with Crippen molar-refractivity contribution in [3.05, 3.63) is 89.0 Å². The van der Waals surface area contributed by atoms with Gasteiger partial charge in [-0.1, -0.05) is 63.2 Å². The molecule has 0 radical (unpaired) electrons. The standard InChI is InChI=1S/C36H42N4O4.H2O/c1-7-10-33-38-34-24(4)20-28(35-37-30(19-23(2)3)25(5)39(35)17-18-43-6)21-31(34)40(33)22-26-13-15-27(16-14-26)29-11-8-9-12-32(29)44-36(41)42;/h8-9,11-16,20-21,23H,7,10,17-19,22H2,1-6H3,(H,41,42);1H2. The molecule has 5 rings (SSSR count). The molecule has 238 valence electrons. The quantitative estimate of drug-likeness (QED) is 0.117. The van der Waals surface area contributed by atoms with Crippen LogP contribution in [0.15, 0.2) is 60.7 Å². The average Bonchev–Trinajstić information content (AvgIpc) is 3.49. The molecule has 9 heteroatoms. The van der Waals surface area contributed by atoms with E-state index in [1.54, 1.807) is 19.2 Å². The Bertz CT molecular complexity index is 1770. The molecular weight excluding hydrogens is 568 g/mol. The number of methoxy groups -OCH3 is 1. The first-order valence-corrected chi connectivity index (χ1v) is 15.3. The van der Waals surface area contributed by atoms with E-state index >= 15 is 0 Å². The Balaban J connectivity index is 0.00000461. The van der Waals surface area contributed by atoms with Gasteiger partial charge in [-0.05, 0) is 67.5 Å². The first-order valence-electron chi connectivity index (χ1n) is 15.3. The molecule has 0 amide bonds. The predicted octanol–water partition coefficient (Wildman–Crippen LogP) is 7.26. The van der Waals surface area contributed by atoms with Crippen molar-refractivity contribution in [3.8, 4) is 28.3 Å². The molecule has 0 aliphatic rings. The third-order valence-electron chi connectivity index (χ3n) is 7.99. The molecule has 45 heavy (non-hydrogen) atoms. The summed E-state index contributed by atoms with van der Waals surface area (Å²) in [4.78, 5) is 21.5. The molecule has 3 N–H and O–H groups in total. The minimum atomic E-state index is -1.33. The monoisotopic (exact) mass is 612 g/mol. The van der Waals surface area contributed by atoms with Crippen LogP contribution in [0.2, 0.25) is 0 Å². The molecule has 0 aliphatic heterocycles. The number of aromatic nitrogens is 4. The van der Waals surface area contributed by atoms with Crippen LogP contribution < -0.4 is 4.74 Å². The van der Waals surface area contributed by atoms with E-state index in [1.807, 2.05) is 24.3 Å². The van der Waals surface area contributed by atoms with E-state index < -0.39 is 6.16 Å². The van der Waals surface area contributed by atoms with E-state index in [0.717, 1.165) is 82.0 Å². The summed E-state index contributed by atoms with van der Waals surface area (Å²) in [5.41, 5.74) is 9.41. The lowest BCUT2D eigenvalue weighted by molar-refractivity contribution is 0.144. The maximum Gasteiger partial charge on any atom is 0.511 e. The van der Waals surface area contributed by atoms with Crippen molar-refractivity contribution in [2.45, 2.75) is 67.0 Å². The highest BCUT2D eigenvalue weighted by atomic mass is 16.7. The van der Waals surface area contributed by atoms with E-state index in [-0.39, 0.29) is 5.48 Å². The van der Waals surface area contributed by atoms with Gasteiger partial charge in [0, 0.05) is 43.4 Å². The fourth-order valence-electron chi connectivity index (χ4n) is 5.86. The Morgan fingerprint density at radius 2 is 1.71 bits per heavy atom. The second-order valence-corrected chi connectivity index (χ2v) is 11.8. The van der Waals surface area contributed by atoms with Crippen LogP contribution in [0.4, 0.5) is 4.79 Å². The number of para-hydroxylation sites is 1. The fraction of sp³-hybridized carbons (Fsp3) is 0.361. The van der Waals surface area contributed by atoms with Crippen LogP contribution in [-0.4, -0.2) is 49.6 Å². The summed E-state index contributed by atoms with van der Waals surface area (Å²) in [5.74, 6) is 2.86. The number of fused-ring (bicyclic) bond motifs is 1. The largest absolute Gasteiger partial charge is 0.511 e. The van der Waals surface area contributed by atoms with Gasteiger partial charge in [0.1, 0.15) is 17.4 Å². The molecule has 2 heterocycles. The minimum Gasteiger partial charge on any atom is -0.449 e. The fourth-order valence-corrected chi connectivity index (χ4v) is 5.86. The van der Waals surface area contributed by atoms with Gasteiger partial charge in [-0.3, -0.25) is 0 Å². The van der Waals surface area contributed by atoms with Crippen molar-refractivity contribution >= 4 is 17.2 Å². The van der Waals surface area contributed by atoms with Gasteiger partial charge in [0.2, 0.25) is 0 Å². The van der Waals surface area contributed by atoms with Gasteiger partial charge in [-0.2, -0.15) is 0 Å². The lowest BCUT2D eigenvalue weighted by Gasteiger charge is -2.13. The van der Waals surface area contributed by atoms with Gasteiger partial charge in [0.15, 0.2) is 0 Å². The first kappa shape index (κ1) is 33.4. The number of carboxylic acid groups (broad SMARTS) is 1. The van der Waals surface area contributed by atoms with Crippen LogP contribution in [0.5, 0.6) is 5.75 Å². The van der Waals surface area contributed by atoms with Crippen molar-refractivity contribution in [2.75, 3.05) is 13.7 Å². The normalized spacial score (nSPS) is 11.3. The topological polar surface area (TPSA) is 123 Å². The Kier molecular flexibility index (Phi) is 10.8. The molecule has 9 nitrogen and oxygen atoms in total. The molecule has 0 saturated heterocycles. The van der Waals surface area contributed by atoms with Crippen LogP contribution in [-0.2, 0) is 30.7 Å². The number of carbonyl (C=O) groups is 1. The molecule has 0 spiro atoms. The molecule has 0 unspecified atom stereocenters. The van der Waals surface area contributed by atoms with Gasteiger partial charge in [-0.15, -0.1) is 0 Å². The lowest BCUT2D eigenvalue weighted by Crippen LogP contribution is -2.08. The smallest absolute Gasteiger partial charge is 0.449 e. The predicted molar refractivity (Wildman–Crippen MR) is 178 cm³/mol. The summed E-state index contributed by atoms with van der Waals surface area (Å²) in [6.45, 7) is 13.0. The summed E-state index contributed by atoms with van der Waals surface area (Å²) in [6.07, 6.45) is 1.48. The van der Waals surface area contributed by atoms with Crippen molar-refractivity contribution in [3.63, 3.8) is 0 Å². The maximum absolute atomic E-state index is 11.2. The Labute approximate surface area is 264 Å². The number of aryl methyl sites for hydroxylation is 2. The van der Waals surface area contributed by atoms with Crippen molar-refractivity contribution in [2.24, 2.45) is 5.92 Å². The molecule has 3 aromatic carbocycles. The highest BCUT2D eigenvalue weighted by Gasteiger charge is 2.20. The number of rotatable bonds is 12. The molecule has 0 aliphatic carbocycles. The van der Waals surface area contributed by atoms with Crippen molar-refractivity contribution in [1.29, 1.82) is 0 Å². The van der Waals surface area contributed by atoms with Gasteiger partial charge in [0.05, 0.1) is 23.3 Å². The molecule has 5 aromatic rings. The van der Waals surface area contributed by atoms with Crippen LogP contribution >= 0.6 is 0 Å². The molecule has 0 bridgehead atoms. The number of hydrogen-bond acceptors (Lipinski definition) is 5. The number of benzene rings is 3. The second-order valence-electron chi connectivity index (χ2n) is 11.8. The molecular formula is C36H44N4O5. The van der Waals surface area contributed by atoms with Gasteiger partial charge < -0.3 is 29.2 Å². The summed E-state index contributed by atoms with van der Waals surface area (Å²) in [6, 6.07) is 19.8. The van der Waals surface area contributed by atoms with Crippen LogP contribution in [0.1, 0.15) is 55.5 Å².